The molecular formula is C18H21N2+. The lowest BCUT2D eigenvalue weighted by molar-refractivity contribution is -0.670. The van der Waals surface area contributed by atoms with E-state index in [-0.39, 0.29) is 0 Å². The van der Waals surface area contributed by atoms with E-state index in [1.54, 1.807) is 0 Å². The smallest absolute Gasteiger partial charge is 0.213 e. The van der Waals surface area contributed by atoms with Crippen molar-refractivity contribution < 1.29 is 4.57 Å². The molecule has 0 saturated heterocycles. The summed E-state index contributed by atoms with van der Waals surface area (Å²) in [5.41, 5.74) is 1.32. The fourth-order valence-electron chi connectivity index (χ4n) is 2.79. The van der Waals surface area contributed by atoms with Crippen LogP contribution < -0.4 is 4.57 Å². The van der Waals surface area contributed by atoms with Crippen molar-refractivity contribution in [3.63, 3.8) is 0 Å². The summed E-state index contributed by atoms with van der Waals surface area (Å²) in [6.07, 6.45) is 3.45. The van der Waals surface area contributed by atoms with Crippen molar-refractivity contribution in [1.82, 2.24) is 4.90 Å². The van der Waals surface area contributed by atoms with E-state index in [0.29, 0.717) is 0 Å². The van der Waals surface area contributed by atoms with Gasteiger partial charge in [-0.2, -0.15) is 4.57 Å². The molecule has 0 amide bonds. The molecule has 2 heteroatoms. The van der Waals surface area contributed by atoms with E-state index in [4.69, 9.17) is 0 Å². The molecular weight excluding hydrogens is 244 g/mol. The van der Waals surface area contributed by atoms with Gasteiger partial charge in [-0.25, -0.2) is 0 Å². The van der Waals surface area contributed by atoms with Gasteiger partial charge in [0.1, 0.15) is 6.54 Å². The molecule has 0 radical (unpaired) electrons. The number of nitrogens with zero attached hydrogens (tertiary/aromatic N) is 2. The van der Waals surface area contributed by atoms with Crippen LogP contribution in [0.3, 0.4) is 0 Å². The van der Waals surface area contributed by atoms with Gasteiger partial charge in [0.2, 0.25) is 5.52 Å². The lowest BCUT2D eigenvalue weighted by atomic mass is 10.1. The number of aryl methyl sites for hydroxylation is 1. The number of aromatic nitrogens is 1. The van der Waals surface area contributed by atoms with Gasteiger partial charge in [0.15, 0.2) is 6.20 Å². The van der Waals surface area contributed by atoms with Crippen LogP contribution in [0.1, 0.15) is 6.42 Å². The van der Waals surface area contributed by atoms with E-state index in [9.17, 15) is 0 Å². The molecule has 0 saturated carbocycles. The van der Waals surface area contributed by atoms with E-state index in [1.807, 2.05) is 0 Å². The van der Waals surface area contributed by atoms with Crippen molar-refractivity contribution >= 4 is 21.7 Å². The maximum Gasteiger partial charge on any atom is 0.213 e. The summed E-state index contributed by atoms with van der Waals surface area (Å²) < 4.78 is 2.39. The van der Waals surface area contributed by atoms with Gasteiger partial charge in [-0.1, -0.05) is 30.3 Å². The highest BCUT2D eigenvalue weighted by atomic mass is 15.1. The van der Waals surface area contributed by atoms with Crippen molar-refractivity contribution in [2.45, 2.75) is 13.0 Å². The zero-order valence-corrected chi connectivity index (χ0v) is 12.2. The fraction of sp³-hybridized carbons (Fsp3) is 0.278. The molecule has 3 rings (SSSR count). The van der Waals surface area contributed by atoms with Crippen molar-refractivity contribution in [3.05, 3.63) is 54.7 Å². The first-order valence-electron chi connectivity index (χ1n) is 7.20. The van der Waals surface area contributed by atoms with Gasteiger partial charge in [-0.15, -0.1) is 0 Å². The van der Waals surface area contributed by atoms with Gasteiger partial charge in [-0.3, -0.25) is 0 Å². The first-order chi connectivity index (χ1) is 9.75. The zero-order chi connectivity index (χ0) is 13.9. The Morgan fingerprint density at radius 2 is 1.60 bits per heavy atom. The standard InChI is InChI=1S/C18H21N2/c1-19(2)12-7-13-20-14-15-8-3-4-9-16(15)17-10-5-6-11-18(17)20/h3-6,8-11,14H,7,12-13H2,1-2H3/q+1. The molecule has 1 aromatic heterocycles. The second-order valence-corrected chi connectivity index (χ2v) is 5.58. The molecule has 0 unspecified atom stereocenters. The van der Waals surface area contributed by atoms with Gasteiger partial charge in [0, 0.05) is 29.8 Å². The molecule has 0 N–H and O–H groups in total. The molecule has 2 nitrogen and oxygen atoms in total. The minimum Gasteiger partial charge on any atom is -0.309 e. The maximum atomic E-state index is 2.39. The summed E-state index contributed by atoms with van der Waals surface area (Å²) in [6.45, 7) is 2.18. The molecule has 102 valence electrons. The summed E-state index contributed by atoms with van der Waals surface area (Å²) >= 11 is 0. The summed E-state index contributed by atoms with van der Waals surface area (Å²) in [4.78, 5) is 2.24. The van der Waals surface area contributed by atoms with Crippen LogP contribution in [0, 0.1) is 0 Å². The molecule has 0 spiro atoms. The minimum absolute atomic E-state index is 1.06. The van der Waals surface area contributed by atoms with E-state index in [2.05, 4.69) is 78.3 Å². The lowest BCUT2D eigenvalue weighted by Crippen LogP contribution is -2.35. The predicted octanol–water partition coefficient (Wildman–Crippen LogP) is 3.23. The molecule has 0 aliphatic heterocycles. The van der Waals surface area contributed by atoms with Crippen LogP contribution in [-0.2, 0) is 6.54 Å². The summed E-state index contributed by atoms with van der Waals surface area (Å²) in [5, 5.41) is 4.00. The highest BCUT2D eigenvalue weighted by Crippen LogP contribution is 2.21. The van der Waals surface area contributed by atoms with E-state index in [0.717, 1.165) is 13.1 Å². The molecule has 20 heavy (non-hydrogen) atoms. The molecule has 0 fully saturated rings. The number of hydrogen-bond acceptors (Lipinski definition) is 1. The second-order valence-electron chi connectivity index (χ2n) is 5.58. The Morgan fingerprint density at radius 1 is 0.900 bits per heavy atom. The predicted molar refractivity (Wildman–Crippen MR) is 84.8 cm³/mol. The van der Waals surface area contributed by atoms with Crippen molar-refractivity contribution in [2.24, 2.45) is 0 Å². The van der Waals surface area contributed by atoms with Gasteiger partial charge in [0.25, 0.3) is 0 Å². The van der Waals surface area contributed by atoms with Gasteiger partial charge in [0.05, 0.1) is 5.39 Å². The molecule has 0 bridgehead atoms. The van der Waals surface area contributed by atoms with Crippen LogP contribution in [-0.4, -0.2) is 25.5 Å². The summed E-state index contributed by atoms with van der Waals surface area (Å²) in [7, 11) is 4.26. The quantitative estimate of drug-likeness (QED) is 0.519. The Kier molecular flexibility index (Phi) is 3.66. The SMILES string of the molecule is CN(C)CCC[n+]1cc2ccccc2c2ccccc21. The normalized spacial score (nSPS) is 11.6. The third kappa shape index (κ3) is 2.52. The minimum atomic E-state index is 1.06. The number of benzene rings is 2. The second kappa shape index (κ2) is 5.59. The number of fused-ring (bicyclic) bond motifs is 3. The molecule has 1 heterocycles. The van der Waals surface area contributed by atoms with Crippen LogP contribution in [0.4, 0.5) is 0 Å². The largest absolute Gasteiger partial charge is 0.309 e. The van der Waals surface area contributed by atoms with Crippen molar-refractivity contribution in [1.29, 1.82) is 0 Å². The van der Waals surface area contributed by atoms with Crippen molar-refractivity contribution in [2.75, 3.05) is 20.6 Å². The number of pyridine rings is 1. The Labute approximate surface area is 120 Å². The average molecular weight is 265 g/mol. The summed E-state index contributed by atoms with van der Waals surface area (Å²) in [6, 6.07) is 17.3. The Hall–Kier alpha value is -1.93. The van der Waals surface area contributed by atoms with Gasteiger partial charge >= 0.3 is 0 Å². The first kappa shape index (κ1) is 13.1. The van der Waals surface area contributed by atoms with Crippen LogP contribution in [0.2, 0.25) is 0 Å². The van der Waals surface area contributed by atoms with Crippen LogP contribution in [0.15, 0.2) is 54.7 Å². The molecule has 0 atom stereocenters. The first-order valence-corrected chi connectivity index (χ1v) is 7.20. The number of rotatable bonds is 4. The molecule has 0 aliphatic carbocycles. The monoisotopic (exact) mass is 265 g/mol. The van der Waals surface area contributed by atoms with E-state index in [1.165, 1.54) is 28.1 Å². The Bertz CT molecular complexity index is 732. The van der Waals surface area contributed by atoms with Gasteiger partial charge in [-0.05, 0) is 26.2 Å². The van der Waals surface area contributed by atoms with Crippen molar-refractivity contribution in [3.8, 4) is 0 Å². The Balaban J connectivity index is 2.09. The van der Waals surface area contributed by atoms with Crippen LogP contribution >= 0.6 is 0 Å². The topological polar surface area (TPSA) is 7.12 Å². The third-order valence-electron chi connectivity index (χ3n) is 3.76. The maximum absolute atomic E-state index is 2.39. The van der Waals surface area contributed by atoms with Crippen LogP contribution in [0.25, 0.3) is 21.7 Å². The summed E-state index contributed by atoms with van der Waals surface area (Å²) in [5.74, 6) is 0. The average Bonchev–Trinajstić information content (AvgIpc) is 2.47. The molecule has 0 aliphatic rings. The molecule has 2 aromatic carbocycles. The highest BCUT2D eigenvalue weighted by molar-refractivity contribution is 6.03. The van der Waals surface area contributed by atoms with E-state index >= 15 is 0 Å². The van der Waals surface area contributed by atoms with E-state index < -0.39 is 0 Å². The fourth-order valence-corrected chi connectivity index (χ4v) is 2.79. The van der Waals surface area contributed by atoms with Crippen LogP contribution in [0.5, 0.6) is 0 Å². The number of hydrogen-bond donors (Lipinski definition) is 0. The Morgan fingerprint density at radius 3 is 2.40 bits per heavy atom. The number of para-hydroxylation sites is 1. The van der Waals surface area contributed by atoms with Gasteiger partial charge < -0.3 is 4.90 Å². The molecule has 3 aromatic rings. The zero-order valence-electron chi connectivity index (χ0n) is 12.2. The third-order valence-corrected chi connectivity index (χ3v) is 3.76. The highest BCUT2D eigenvalue weighted by Gasteiger charge is 2.12. The lowest BCUT2D eigenvalue weighted by Gasteiger charge is -2.09.